The van der Waals surface area contributed by atoms with Gasteiger partial charge in [0.05, 0.1) is 11.8 Å². The van der Waals surface area contributed by atoms with Crippen molar-refractivity contribution in [2.75, 3.05) is 26.2 Å². The van der Waals surface area contributed by atoms with Crippen molar-refractivity contribution < 1.29 is 14.7 Å². The number of hydrogen-bond donors (Lipinski definition) is 2. The molecule has 1 heterocycles. The van der Waals surface area contributed by atoms with Crippen LogP contribution in [0.1, 0.15) is 46.0 Å². The van der Waals surface area contributed by atoms with Gasteiger partial charge in [-0.15, -0.1) is 0 Å². The molecule has 1 aliphatic heterocycles. The molecule has 0 saturated carbocycles. The van der Waals surface area contributed by atoms with Crippen LogP contribution in [0.15, 0.2) is 0 Å². The van der Waals surface area contributed by atoms with E-state index in [1.165, 1.54) is 0 Å². The summed E-state index contributed by atoms with van der Waals surface area (Å²) in [5, 5.41) is 12.1. The molecule has 5 nitrogen and oxygen atoms in total. The number of carboxylic acid groups (broad SMARTS) is 1. The molecule has 2 N–H and O–H groups in total. The van der Waals surface area contributed by atoms with Crippen LogP contribution in [0.4, 0.5) is 0 Å². The summed E-state index contributed by atoms with van der Waals surface area (Å²) in [5.74, 6) is -0.720. The van der Waals surface area contributed by atoms with E-state index >= 15 is 0 Å². The number of rotatable bonds is 7. The van der Waals surface area contributed by atoms with E-state index < -0.39 is 5.97 Å². The third kappa shape index (κ3) is 4.20. The minimum atomic E-state index is -0.849. The van der Waals surface area contributed by atoms with Crippen LogP contribution >= 0.6 is 0 Å². The molecule has 110 valence electrons. The first kappa shape index (κ1) is 16.0. The number of nitrogens with zero attached hydrogens (tertiary/aromatic N) is 1. The molecule has 0 aromatic carbocycles. The van der Waals surface area contributed by atoms with Crippen molar-refractivity contribution in [3.63, 3.8) is 0 Å². The summed E-state index contributed by atoms with van der Waals surface area (Å²) >= 11 is 0. The number of nitrogens with one attached hydrogen (secondary N) is 1. The fourth-order valence-electron chi connectivity index (χ4n) is 2.92. The Kier molecular flexibility index (Phi) is 6.28. The third-order valence-electron chi connectivity index (χ3n) is 3.92. The lowest BCUT2D eigenvalue weighted by Crippen LogP contribution is -2.52. The number of hydrogen-bond acceptors (Lipinski definition) is 3. The molecule has 0 spiro atoms. The van der Waals surface area contributed by atoms with E-state index in [1.54, 1.807) is 4.90 Å². The fourth-order valence-corrected chi connectivity index (χ4v) is 2.92. The Balaban J connectivity index is 2.75. The third-order valence-corrected chi connectivity index (χ3v) is 3.92. The SMILES string of the molecule is CCCC1(C(=O)N(CC)CCC(=O)O)CCCNC1. The Labute approximate surface area is 115 Å². The fraction of sp³-hybridized carbons (Fsp3) is 0.857. The van der Waals surface area contributed by atoms with Gasteiger partial charge in [-0.05, 0) is 32.7 Å². The van der Waals surface area contributed by atoms with Crippen LogP contribution in [0, 0.1) is 5.41 Å². The van der Waals surface area contributed by atoms with E-state index in [9.17, 15) is 9.59 Å². The van der Waals surface area contributed by atoms with Crippen molar-refractivity contribution in [2.45, 2.75) is 46.0 Å². The summed E-state index contributed by atoms with van der Waals surface area (Å²) in [4.78, 5) is 25.1. The molecule has 0 bridgehead atoms. The van der Waals surface area contributed by atoms with Crippen LogP contribution in [-0.2, 0) is 9.59 Å². The molecule has 19 heavy (non-hydrogen) atoms. The average molecular weight is 270 g/mol. The van der Waals surface area contributed by atoms with Crippen molar-refractivity contribution >= 4 is 11.9 Å². The zero-order chi connectivity index (χ0) is 14.3. The van der Waals surface area contributed by atoms with Crippen molar-refractivity contribution in [3.05, 3.63) is 0 Å². The molecule has 1 unspecified atom stereocenters. The van der Waals surface area contributed by atoms with Gasteiger partial charge < -0.3 is 15.3 Å². The predicted octanol–water partition coefficient (Wildman–Crippen LogP) is 1.48. The second-order valence-electron chi connectivity index (χ2n) is 5.34. The molecule has 5 heteroatoms. The number of carboxylic acids is 1. The molecule has 1 rings (SSSR count). The minimum absolute atomic E-state index is 0.0230. The maximum Gasteiger partial charge on any atom is 0.305 e. The first-order valence-electron chi connectivity index (χ1n) is 7.27. The van der Waals surface area contributed by atoms with Gasteiger partial charge in [0.15, 0.2) is 0 Å². The van der Waals surface area contributed by atoms with Gasteiger partial charge in [-0.2, -0.15) is 0 Å². The number of piperidine rings is 1. The van der Waals surface area contributed by atoms with Gasteiger partial charge in [0, 0.05) is 19.6 Å². The zero-order valence-corrected chi connectivity index (χ0v) is 12.1. The highest BCUT2D eigenvalue weighted by atomic mass is 16.4. The van der Waals surface area contributed by atoms with Crippen LogP contribution < -0.4 is 5.32 Å². The van der Waals surface area contributed by atoms with Crippen molar-refractivity contribution in [3.8, 4) is 0 Å². The van der Waals surface area contributed by atoms with Crippen molar-refractivity contribution in [1.29, 1.82) is 0 Å². The Morgan fingerprint density at radius 3 is 2.58 bits per heavy atom. The first-order chi connectivity index (χ1) is 9.05. The monoisotopic (exact) mass is 270 g/mol. The number of amides is 1. The van der Waals surface area contributed by atoms with Gasteiger partial charge in [-0.25, -0.2) is 0 Å². The zero-order valence-electron chi connectivity index (χ0n) is 12.1. The largest absolute Gasteiger partial charge is 0.481 e. The topological polar surface area (TPSA) is 69.6 Å². The molecule has 1 amide bonds. The van der Waals surface area contributed by atoms with Crippen LogP contribution in [0.25, 0.3) is 0 Å². The number of carbonyl (C=O) groups excluding carboxylic acids is 1. The molecule has 1 saturated heterocycles. The standard InChI is InChI=1S/C14H26N2O3/c1-3-7-14(8-5-9-15-11-14)13(19)16(4-2)10-6-12(17)18/h15H,3-11H2,1-2H3,(H,17,18). The van der Waals surface area contributed by atoms with E-state index in [0.29, 0.717) is 13.1 Å². The highest BCUT2D eigenvalue weighted by Crippen LogP contribution is 2.33. The summed E-state index contributed by atoms with van der Waals surface area (Å²) in [6, 6.07) is 0. The van der Waals surface area contributed by atoms with Crippen LogP contribution in [-0.4, -0.2) is 48.1 Å². The normalized spacial score (nSPS) is 23.1. The first-order valence-corrected chi connectivity index (χ1v) is 7.27. The van der Waals surface area contributed by atoms with Gasteiger partial charge in [-0.3, -0.25) is 9.59 Å². The lowest BCUT2D eigenvalue weighted by Gasteiger charge is -2.39. The van der Waals surface area contributed by atoms with E-state index in [4.69, 9.17) is 5.11 Å². The molecule has 1 aliphatic rings. The van der Waals surface area contributed by atoms with Crippen molar-refractivity contribution in [1.82, 2.24) is 10.2 Å². The molecule has 0 aromatic rings. The van der Waals surface area contributed by atoms with Gasteiger partial charge in [-0.1, -0.05) is 13.3 Å². The molecular weight excluding hydrogens is 244 g/mol. The Bertz CT molecular complexity index is 306. The molecule has 0 aromatic heterocycles. The lowest BCUT2D eigenvalue weighted by atomic mass is 9.75. The average Bonchev–Trinajstić information content (AvgIpc) is 2.40. The Morgan fingerprint density at radius 1 is 1.37 bits per heavy atom. The van der Waals surface area contributed by atoms with Crippen LogP contribution in [0.5, 0.6) is 0 Å². The Hall–Kier alpha value is -1.10. The van der Waals surface area contributed by atoms with Gasteiger partial charge in [0.1, 0.15) is 0 Å². The van der Waals surface area contributed by atoms with E-state index in [2.05, 4.69) is 12.2 Å². The van der Waals surface area contributed by atoms with E-state index in [1.807, 2.05) is 6.92 Å². The second kappa shape index (κ2) is 7.48. The number of aliphatic carboxylic acids is 1. The molecular formula is C14H26N2O3. The Morgan fingerprint density at radius 2 is 2.11 bits per heavy atom. The van der Waals surface area contributed by atoms with Crippen LogP contribution in [0.2, 0.25) is 0 Å². The highest BCUT2D eigenvalue weighted by Gasteiger charge is 2.40. The maximum atomic E-state index is 12.7. The van der Waals surface area contributed by atoms with Gasteiger partial charge in [0.25, 0.3) is 0 Å². The lowest BCUT2D eigenvalue weighted by molar-refractivity contribution is -0.145. The predicted molar refractivity (Wildman–Crippen MR) is 74.0 cm³/mol. The molecule has 1 fully saturated rings. The summed E-state index contributed by atoms with van der Waals surface area (Å²) < 4.78 is 0. The summed E-state index contributed by atoms with van der Waals surface area (Å²) in [6.45, 7) is 6.60. The quantitative estimate of drug-likeness (QED) is 0.735. The van der Waals surface area contributed by atoms with Crippen molar-refractivity contribution in [2.24, 2.45) is 5.41 Å². The van der Waals surface area contributed by atoms with Crippen LogP contribution in [0.3, 0.4) is 0 Å². The maximum absolute atomic E-state index is 12.7. The van der Waals surface area contributed by atoms with E-state index in [0.717, 1.165) is 38.8 Å². The van der Waals surface area contributed by atoms with E-state index in [-0.39, 0.29) is 17.7 Å². The second-order valence-corrected chi connectivity index (χ2v) is 5.34. The smallest absolute Gasteiger partial charge is 0.305 e. The minimum Gasteiger partial charge on any atom is -0.481 e. The summed E-state index contributed by atoms with van der Waals surface area (Å²) in [5.41, 5.74) is -0.318. The molecule has 0 radical (unpaired) electrons. The summed E-state index contributed by atoms with van der Waals surface area (Å²) in [6.07, 6.45) is 3.81. The van der Waals surface area contributed by atoms with Gasteiger partial charge in [0.2, 0.25) is 5.91 Å². The molecule has 0 aliphatic carbocycles. The summed E-state index contributed by atoms with van der Waals surface area (Å²) in [7, 11) is 0. The van der Waals surface area contributed by atoms with Gasteiger partial charge >= 0.3 is 5.97 Å². The number of carbonyl (C=O) groups is 2. The highest BCUT2D eigenvalue weighted by molar-refractivity contribution is 5.83. The molecule has 1 atom stereocenters.